The summed E-state index contributed by atoms with van der Waals surface area (Å²) < 4.78 is 2.15. The molecule has 23 heavy (non-hydrogen) atoms. The third kappa shape index (κ3) is 2.69. The molecule has 2 heterocycles. The molecule has 2 aromatic rings. The number of fused-ring (bicyclic) bond motifs is 1. The van der Waals surface area contributed by atoms with Crippen LogP contribution in [0, 0.1) is 6.92 Å². The number of hydrogen-bond donors (Lipinski definition) is 1. The van der Waals surface area contributed by atoms with Gasteiger partial charge >= 0.3 is 0 Å². The zero-order chi connectivity index (χ0) is 16.7. The molecule has 0 saturated carbocycles. The Labute approximate surface area is 135 Å². The van der Waals surface area contributed by atoms with Gasteiger partial charge in [0.05, 0.1) is 12.6 Å². The molecular weight excluding hydrogens is 292 g/mol. The Kier molecular flexibility index (Phi) is 3.83. The van der Waals surface area contributed by atoms with Crippen LogP contribution < -0.4 is 0 Å². The number of amides is 1. The van der Waals surface area contributed by atoms with Gasteiger partial charge in [-0.1, -0.05) is 13.8 Å². The van der Waals surface area contributed by atoms with Gasteiger partial charge in [-0.3, -0.25) is 4.79 Å². The number of aromatic nitrogens is 3. The van der Waals surface area contributed by atoms with Crippen molar-refractivity contribution in [3.63, 3.8) is 0 Å². The molecule has 0 saturated heterocycles. The van der Waals surface area contributed by atoms with E-state index in [4.69, 9.17) is 0 Å². The summed E-state index contributed by atoms with van der Waals surface area (Å²) in [7, 11) is 0. The number of hydrogen-bond acceptors (Lipinski definition) is 4. The van der Waals surface area contributed by atoms with Crippen LogP contribution >= 0.6 is 0 Å². The molecule has 0 unspecified atom stereocenters. The van der Waals surface area contributed by atoms with Crippen LogP contribution in [0.25, 0.3) is 0 Å². The largest absolute Gasteiger partial charge is 0.508 e. The number of aromatic hydroxyl groups is 1. The molecule has 1 aromatic carbocycles. The maximum atomic E-state index is 12.7. The molecule has 0 radical (unpaired) electrons. The lowest BCUT2D eigenvalue weighted by molar-refractivity contribution is 0.0679. The van der Waals surface area contributed by atoms with E-state index in [2.05, 4.69) is 35.5 Å². The van der Waals surface area contributed by atoms with Crippen molar-refractivity contribution in [2.75, 3.05) is 6.54 Å². The van der Waals surface area contributed by atoms with E-state index < -0.39 is 0 Å². The lowest BCUT2D eigenvalue weighted by Gasteiger charge is -2.33. The third-order valence-electron chi connectivity index (χ3n) is 4.30. The Hall–Kier alpha value is -2.37. The molecule has 1 N–H and O–H groups in total. The third-order valence-corrected chi connectivity index (χ3v) is 4.30. The van der Waals surface area contributed by atoms with Crippen LogP contribution in [0.4, 0.5) is 0 Å². The molecule has 0 spiro atoms. The minimum Gasteiger partial charge on any atom is -0.508 e. The van der Waals surface area contributed by atoms with Crippen molar-refractivity contribution in [1.82, 2.24) is 19.7 Å². The fraction of sp³-hybridized carbons (Fsp3) is 0.471. The van der Waals surface area contributed by atoms with E-state index in [0.29, 0.717) is 30.1 Å². The number of carbonyl (C=O) groups is 1. The van der Waals surface area contributed by atoms with Crippen molar-refractivity contribution >= 4 is 5.91 Å². The SMILES string of the molecule is Cc1cc(C(=O)N2Cc3nnc(C(C)C)n3[C@@H](C)C2)ccc1O. The van der Waals surface area contributed by atoms with Crippen LogP contribution in [0.2, 0.25) is 0 Å². The van der Waals surface area contributed by atoms with Crippen LogP contribution in [0.1, 0.15) is 60.3 Å². The molecule has 6 nitrogen and oxygen atoms in total. The first kappa shape index (κ1) is 15.5. The van der Waals surface area contributed by atoms with Crippen LogP contribution in [0.15, 0.2) is 18.2 Å². The van der Waals surface area contributed by atoms with Crippen molar-refractivity contribution in [2.45, 2.75) is 46.2 Å². The van der Waals surface area contributed by atoms with Gasteiger partial charge in [-0.2, -0.15) is 0 Å². The van der Waals surface area contributed by atoms with Gasteiger partial charge in [0.1, 0.15) is 11.6 Å². The Morgan fingerprint density at radius 1 is 1.35 bits per heavy atom. The Bertz CT molecular complexity index is 751. The zero-order valence-corrected chi connectivity index (χ0v) is 13.9. The molecule has 3 rings (SSSR count). The maximum Gasteiger partial charge on any atom is 0.254 e. The molecule has 0 aliphatic carbocycles. The van der Waals surface area contributed by atoms with E-state index >= 15 is 0 Å². The van der Waals surface area contributed by atoms with Gasteiger partial charge in [0, 0.05) is 18.0 Å². The fourth-order valence-corrected chi connectivity index (χ4v) is 3.08. The summed E-state index contributed by atoms with van der Waals surface area (Å²) in [5.41, 5.74) is 1.29. The van der Waals surface area contributed by atoms with Gasteiger partial charge in [-0.05, 0) is 37.6 Å². The highest BCUT2D eigenvalue weighted by Crippen LogP contribution is 2.26. The molecule has 1 aliphatic heterocycles. The number of aryl methyl sites for hydroxylation is 1. The minimum atomic E-state index is -0.0414. The number of phenols is 1. The smallest absolute Gasteiger partial charge is 0.254 e. The molecule has 1 amide bonds. The highest BCUT2D eigenvalue weighted by molar-refractivity contribution is 5.94. The van der Waals surface area contributed by atoms with E-state index in [-0.39, 0.29) is 17.7 Å². The van der Waals surface area contributed by atoms with Gasteiger partial charge in [-0.15, -0.1) is 10.2 Å². The average Bonchev–Trinajstić information content (AvgIpc) is 2.94. The minimum absolute atomic E-state index is 0.0414. The number of carbonyl (C=O) groups excluding carboxylic acids is 1. The molecule has 1 aliphatic rings. The van der Waals surface area contributed by atoms with Crippen LogP contribution in [-0.4, -0.2) is 37.2 Å². The number of phenolic OH excluding ortho intramolecular Hbond substituents is 1. The monoisotopic (exact) mass is 314 g/mol. The molecule has 1 aromatic heterocycles. The van der Waals surface area contributed by atoms with E-state index in [1.165, 1.54) is 0 Å². The summed E-state index contributed by atoms with van der Waals surface area (Å²) in [5, 5.41) is 18.2. The van der Waals surface area contributed by atoms with Gasteiger partial charge < -0.3 is 14.6 Å². The first-order valence-corrected chi connectivity index (χ1v) is 7.91. The summed E-state index contributed by atoms with van der Waals surface area (Å²) in [6.07, 6.45) is 0. The molecule has 122 valence electrons. The first-order valence-electron chi connectivity index (χ1n) is 7.91. The summed E-state index contributed by atoms with van der Waals surface area (Å²) in [6, 6.07) is 5.10. The van der Waals surface area contributed by atoms with Gasteiger partial charge in [0.25, 0.3) is 5.91 Å². The lowest BCUT2D eigenvalue weighted by Crippen LogP contribution is -2.40. The Morgan fingerprint density at radius 2 is 2.09 bits per heavy atom. The quantitative estimate of drug-likeness (QED) is 0.925. The fourth-order valence-electron chi connectivity index (χ4n) is 3.08. The van der Waals surface area contributed by atoms with E-state index in [1.54, 1.807) is 30.0 Å². The summed E-state index contributed by atoms with van der Waals surface area (Å²) in [5.74, 6) is 2.27. The topological polar surface area (TPSA) is 71.2 Å². The molecular formula is C17H22N4O2. The molecule has 0 bridgehead atoms. The Morgan fingerprint density at radius 3 is 2.74 bits per heavy atom. The second-order valence-corrected chi connectivity index (χ2v) is 6.54. The summed E-state index contributed by atoms with van der Waals surface area (Å²) in [6.45, 7) is 9.16. The van der Waals surface area contributed by atoms with Gasteiger partial charge in [0.2, 0.25) is 0 Å². The van der Waals surface area contributed by atoms with Crippen LogP contribution in [0.5, 0.6) is 5.75 Å². The van der Waals surface area contributed by atoms with Gasteiger partial charge in [0.15, 0.2) is 5.82 Å². The van der Waals surface area contributed by atoms with E-state index in [0.717, 1.165) is 11.6 Å². The number of nitrogens with zero attached hydrogens (tertiary/aromatic N) is 4. The predicted molar refractivity (Wildman–Crippen MR) is 86.4 cm³/mol. The second kappa shape index (κ2) is 5.68. The number of benzene rings is 1. The van der Waals surface area contributed by atoms with Crippen molar-refractivity contribution in [1.29, 1.82) is 0 Å². The number of rotatable bonds is 2. The molecule has 1 atom stereocenters. The summed E-state index contributed by atoms with van der Waals surface area (Å²) >= 11 is 0. The highest BCUT2D eigenvalue weighted by atomic mass is 16.3. The van der Waals surface area contributed by atoms with Crippen molar-refractivity contribution in [3.05, 3.63) is 41.0 Å². The zero-order valence-electron chi connectivity index (χ0n) is 13.9. The Balaban J connectivity index is 1.88. The molecule has 0 fully saturated rings. The maximum absolute atomic E-state index is 12.7. The van der Waals surface area contributed by atoms with E-state index in [1.807, 2.05) is 0 Å². The van der Waals surface area contributed by atoms with Gasteiger partial charge in [-0.25, -0.2) is 0 Å². The predicted octanol–water partition coefficient (Wildman–Crippen LogP) is 2.63. The standard InChI is InChI=1S/C17H22N4O2/c1-10(2)16-19-18-15-9-20(8-12(4)21(15)16)17(23)13-5-6-14(22)11(3)7-13/h5-7,10,12,22H,8-9H2,1-4H3/t12-/m0/s1. The molecule has 6 heteroatoms. The van der Waals surface area contributed by atoms with Crippen molar-refractivity contribution in [3.8, 4) is 5.75 Å². The summed E-state index contributed by atoms with van der Waals surface area (Å²) in [4.78, 5) is 14.5. The van der Waals surface area contributed by atoms with Crippen molar-refractivity contribution < 1.29 is 9.90 Å². The van der Waals surface area contributed by atoms with E-state index in [9.17, 15) is 9.90 Å². The van der Waals surface area contributed by atoms with Crippen molar-refractivity contribution in [2.24, 2.45) is 0 Å². The normalized spacial score (nSPS) is 17.4. The first-order chi connectivity index (χ1) is 10.9. The second-order valence-electron chi connectivity index (χ2n) is 6.54. The lowest BCUT2D eigenvalue weighted by atomic mass is 10.1. The highest BCUT2D eigenvalue weighted by Gasteiger charge is 2.30. The van der Waals surface area contributed by atoms with Crippen LogP contribution in [-0.2, 0) is 6.54 Å². The van der Waals surface area contributed by atoms with Crippen LogP contribution in [0.3, 0.4) is 0 Å². The average molecular weight is 314 g/mol.